The molecule has 1 unspecified atom stereocenters. The standard InChI is InChI=1S/C50H49N5O3/c1-4-5-30-46(56)54(47(37(2)3)49(57)58-36-39-20-10-6-11-21-39)35-38-31-33-40(34-32-38)44-28-18-19-29-45(44)48-51-52-53-55(48)50(41-22-12-7-13-23-41,42-24-14-8-15-25-42)43-26-16-9-17-27-43/h6-29,31-34,37,47H,4-5,30,35-36H2,1-3H3. The van der Waals surface area contributed by atoms with E-state index in [1.165, 1.54) is 0 Å². The van der Waals surface area contributed by atoms with Crippen LogP contribution in [0.25, 0.3) is 22.5 Å². The van der Waals surface area contributed by atoms with Crippen LogP contribution in [0.4, 0.5) is 0 Å². The number of aromatic nitrogens is 4. The Morgan fingerprint density at radius 2 is 1.17 bits per heavy atom. The Bertz CT molecular complexity index is 2280. The van der Waals surface area contributed by atoms with Crippen LogP contribution < -0.4 is 0 Å². The molecule has 7 rings (SSSR count). The van der Waals surface area contributed by atoms with Crippen molar-refractivity contribution in [2.75, 3.05) is 0 Å². The SMILES string of the molecule is CCCCC(=O)N(Cc1ccc(-c2ccccc2-c2nnnn2C(c2ccccc2)(c2ccccc2)c2ccccc2)cc1)C(C(=O)OCc1ccccc1)C(C)C. The number of nitrogens with zero attached hydrogens (tertiary/aromatic N) is 5. The predicted octanol–water partition coefficient (Wildman–Crippen LogP) is 10.1. The third-order valence-corrected chi connectivity index (χ3v) is 10.6. The van der Waals surface area contributed by atoms with E-state index in [9.17, 15) is 9.59 Å². The molecule has 0 saturated heterocycles. The number of rotatable bonds is 16. The number of ether oxygens (including phenoxy) is 1. The van der Waals surface area contributed by atoms with Gasteiger partial charge in [0.25, 0.3) is 0 Å². The van der Waals surface area contributed by atoms with Crippen LogP contribution in [0, 0.1) is 5.92 Å². The average Bonchev–Trinajstić information content (AvgIpc) is 3.76. The smallest absolute Gasteiger partial charge is 0.329 e. The summed E-state index contributed by atoms with van der Waals surface area (Å²) >= 11 is 0. The minimum Gasteiger partial charge on any atom is -0.459 e. The normalized spacial score (nSPS) is 11.9. The molecule has 0 N–H and O–H groups in total. The van der Waals surface area contributed by atoms with Crippen molar-refractivity contribution in [2.24, 2.45) is 5.92 Å². The summed E-state index contributed by atoms with van der Waals surface area (Å²) in [4.78, 5) is 29.2. The quantitative estimate of drug-likeness (QED) is 0.0719. The zero-order valence-electron chi connectivity index (χ0n) is 33.3. The molecule has 292 valence electrons. The molecule has 1 atom stereocenters. The van der Waals surface area contributed by atoms with E-state index in [-0.39, 0.29) is 25.0 Å². The van der Waals surface area contributed by atoms with Gasteiger partial charge in [-0.15, -0.1) is 5.10 Å². The second-order valence-corrected chi connectivity index (χ2v) is 14.9. The van der Waals surface area contributed by atoms with Gasteiger partial charge in [0, 0.05) is 18.5 Å². The van der Waals surface area contributed by atoms with Gasteiger partial charge in [-0.25, -0.2) is 9.48 Å². The van der Waals surface area contributed by atoms with Crippen LogP contribution in [0.15, 0.2) is 170 Å². The first-order valence-corrected chi connectivity index (χ1v) is 20.1. The molecule has 0 spiro atoms. The fraction of sp³-hybridized carbons (Fsp3) is 0.220. The van der Waals surface area contributed by atoms with E-state index in [2.05, 4.69) is 72.8 Å². The third kappa shape index (κ3) is 8.37. The molecule has 0 fully saturated rings. The van der Waals surface area contributed by atoms with Crippen molar-refractivity contribution in [3.63, 3.8) is 0 Å². The molecule has 6 aromatic carbocycles. The molecule has 0 radical (unpaired) electrons. The highest BCUT2D eigenvalue weighted by molar-refractivity contribution is 5.85. The summed E-state index contributed by atoms with van der Waals surface area (Å²) in [7, 11) is 0. The van der Waals surface area contributed by atoms with Gasteiger partial charge in [0.15, 0.2) is 5.82 Å². The van der Waals surface area contributed by atoms with Crippen molar-refractivity contribution in [1.29, 1.82) is 0 Å². The van der Waals surface area contributed by atoms with Crippen LogP contribution in [0.3, 0.4) is 0 Å². The summed E-state index contributed by atoms with van der Waals surface area (Å²) in [5.41, 5.74) is 6.75. The zero-order chi connectivity index (χ0) is 40.3. The van der Waals surface area contributed by atoms with Crippen molar-refractivity contribution >= 4 is 11.9 Å². The largest absolute Gasteiger partial charge is 0.459 e. The van der Waals surface area contributed by atoms with Crippen molar-refractivity contribution in [1.82, 2.24) is 25.1 Å². The molecule has 1 heterocycles. The molecule has 0 aliphatic carbocycles. The summed E-state index contributed by atoms with van der Waals surface area (Å²) in [5, 5.41) is 13.8. The number of carbonyl (C=O) groups excluding carboxylic acids is 2. The molecule has 7 aromatic rings. The first-order chi connectivity index (χ1) is 28.4. The van der Waals surface area contributed by atoms with Crippen molar-refractivity contribution < 1.29 is 14.3 Å². The number of carbonyl (C=O) groups is 2. The second-order valence-electron chi connectivity index (χ2n) is 14.9. The van der Waals surface area contributed by atoms with Gasteiger partial charge in [0.1, 0.15) is 18.2 Å². The Morgan fingerprint density at radius 1 is 0.655 bits per heavy atom. The van der Waals surface area contributed by atoms with E-state index in [1.807, 2.05) is 128 Å². The third-order valence-electron chi connectivity index (χ3n) is 10.6. The van der Waals surface area contributed by atoms with E-state index in [0.717, 1.165) is 57.3 Å². The van der Waals surface area contributed by atoms with Gasteiger partial charge in [-0.1, -0.05) is 197 Å². The highest BCUT2D eigenvalue weighted by Gasteiger charge is 2.42. The summed E-state index contributed by atoms with van der Waals surface area (Å²) in [6, 6.07) is 56.3. The number of tetrazole rings is 1. The Hall–Kier alpha value is -6.67. The zero-order valence-corrected chi connectivity index (χ0v) is 33.3. The lowest BCUT2D eigenvalue weighted by atomic mass is 9.77. The monoisotopic (exact) mass is 767 g/mol. The molecule has 0 saturated carbocycles. The Kier molecular flexibility index (Phi) is 12.6. The molecule has 8 nitrogen and oxygen atoms in total. The molecule has 0 bridgehead atoms. The van der Waals surface area contributed by atoms with Gasteiger partial charge < -0.3 is 9.64 Å². The van der Waals surface area contributed by atoms with Crippen LogP contribution in [0.2, 0.25) is 0 Å². The Labute approximate surface area is 341 Å². The lowest BCUT2D eigenvalue weighted by Crippen LogP contribution is -2.48. The number of benzene rings is 6. The lowest BCUT2D eigenvalue weighted by Gasteiger charge is -2.36. The van der Waals surface area contributed by atoms with Crippen LogP contribution >= 0.6 is 0 Å². The summed E-state index contributed by atoms with van der Waals surface area (Å²) in [5.74, 6) is 0.000200. The van der Waals surface area contributed by atoms with E-state index in [4.69, 9.17) is 15.0 Å². The first-order valence-electron chi connectivity index (χ1n) is 20.1. The van der Waals surface area contributed by atoms with Gasteiger partial charge in [0.05, 0.1) is 0 Å². The molecule has 0 aliphatic rings. The number of hydrogen-bond acceptors (Lipinski definition) is 6. The number of amides is 1. The minimum atomic E-state index is -0.900. The average molecular weight is 768 g/mol. The maximum absolute atomic E-state index is 13.8. The highest BCUT2D eigenvalue weighted by Crippen LogP contribution is 2.43. The second kappa shape index (κ2) is 18.5. The first kappa shape index (κ1) is 39.6. The maximum Gasteiger partial charge on any atom is 0.329 e. The summed E-state index contributed by atoms with van der Waals surface area (Å²) in [6.45, 7) is 6.42. The Morgan fingerprint density at radius 3 is 1.71 bits per heavy atom. The van der Waals surface area contributed by atoms with Gasteiger partial charge in [0.2, 0.25) is 5.91 Å². The van der Waals surface area contributed by atoms with Gasteiger partial charge in [-0.05, 0) is 61.7 Å². The fourth-order valence-corrected chi connectivity index (χ4v) is 7.79. The highest BCUT2D eigenvalue weighted by atomic mass is 16.5. The number of esters is 1. The predicted molar refractivity (Wildman–Crippen MR) is 228 cm³/mol. The molecule has 58 heavy (non-hydrogen) atoms. The molecule has 0 aliphatic heterocycles. The summed E-state index contributed by atoms with van der Waals surface area (Å²) < 4.78 is 7.76. The molecule has 1 aromatic heterocycles. The van der Waals surface area contributed by atoms with Crippen LogP contribution in [-0.4, -0.2) is 43.0 Å². The summed E-state index contributed by atoms with van der Waals surface area (Å²) in [6.07, 6.45) is 1.99. The van der Waals surface area contributed by atoms with E-state index in [0.29, 0.717) is 12.2 Å². The van der Waals surface area contributed by atoms with Crippen molar-refractivity contribution in [3.05, 3.63) is 198 Å². The molecular weight excluding hydrogens is 719 g/mol. The number of unbranched alkanes of at least 4 members (excludes halogenated alkanes) is 1. The number of hydrogen-bond donors (Lipinski definition) is 0. The minimum absolute atomic E-state index is 0.0581. The van der Waals surface area contributed by atoms with E-state index in [1.54, 1.807) is 4.90 Å². The molecule has 1 amide bonds. The lowest BCUT2D eigenvalue weighted by molar-refractivity contribution is -0.159. The van der Waals surface area contributed by atoms with Crippen LogP contribution in [0.5, 0.6) is 0 Å². The van der Waals surface area contributed by atoms with Gasteiger partial charge in [-0.2, -0.15) is 0 Å². The van der Waals surface area contributed by atoms with E-state index < -0.39 is 17.6 Å². The van der Waals surface area contributed by atoms with Gasteiger partial charge >= 0.3 is 5.97 Å². The van der Waals surface area contributed by atoms with Gasteiger partial charge in [-0.3, -0.25) is 4.79 Å². The molecule has 8 heteroatoms. The van der Waals surface area contributed by atoms with Crippen molar-refractivity contribution in [2.45, 2.75) is 64.8 Å². The van der Waals surface area contributed by atoms with E-state index >= 15 is 0 Å². The van der Waals surface area contributed by atoms with Crippen LogP contribution in [-0.2, 0) is 33.0 Å². The fourth-order valence-electron chi connectivity index (χ4n) is 7.79. The van der Waals surface area contributed by atoms with Crippen LogP contribution in [0.1, 0.15) is 67.9 Å². The van der Waals surface area contributed by atoms with Crippen molar-refractivity contribution in [3.8, 4) is 22.5 Å². The Balaban J connectivity index is 1.25. The topological polar surface area (TPSA) is 90.2 Å². The maximum atomic E-state index is 13.8. The molecular formula is C50H49N5O3.